The van der Waals surface area contributed by atoms with Crippen molar-refractivity contribution < 1.29 is 0 Å². The van der Waals surface area contributed by atoms with Crippen molar-refractivity contribution >= 4 is 5.84 Å². The maximum atomic E-state index is 4.55. The van der Waals surface area contributed by atoms with Gasteiger partial charge in [-0.3, -0.25) is 4.99 Å². The minimum absolute atomic E-state index is 0.648. The van der Waals surface area contributed by atoms with Gasteiger partial charge in [-0.25, -0.2) is 0 Å². The number of hydrogen-bond donors (Lipinski definition) is 1. The third kappa shape index (κ3) is 2.49. The first kappa shape index (κ1) is 10.0. The summed E-state index contributed by atoms with van der Waals surface area (Å²) < 4.78 is 0. The molecule has 1 aliphatic heterocycles. The van der Waals surface area contributed by atoms with E-state index in [2.05, 4.69) is 17.2 Å². The van der Waals surface area contributed by atoms with Gasteiger partial charge < -0.3 is 5.32 Å². The van der Waals surface area contributed by atoms with E-state index in [-0.39, 0.29) is 0 Å². The molecule has 0 bridgehead atoms. The van der Waals surface area contributed by atoms with E-state index in [1.54, 1.807) is 0 Å². The van der Waals surface area contributed by atoms with Gasteiger partial charge >= 0.3 is 0 Å². The molecular formula is C12H22N2. The van der Waals surface area contributed by atoms with Crippen molar-refractivity contribution in [2.24, 2.45) is 10.9 Å². The number of nitrogens with one attached hydrogen (secondary N) is 1. The fourth-order valence-corrected chi connectivity index (χ4v) is 2.65. The lowest BCUT2D eigenvalue weighted by Crippen LogP contribution is -2.38. The van der Waals surface area contributed by atoms with E-state index in [9.17, 15) is 0 Å². The highest BCUT2D eigenvalue weighted by Crippen LogP contribution is 2.27. The summed E-state index contributed by atoms with van der Waals surface area (Å²) in [7, 11) is 0. The van der Waals surface area contributed by atoms with Crippen LogP contribution in [0.15, 0.2) is 4.99 Å². The Morgan fingerprint density at radius 3 is 2.64 bits per heavy atom. The highest BCUT2D eigenvalue weighted by atomic mass is 15.0. The Morgan fingerprint density at radius 2 is 2.00 bits per heavy atom. The van der Waals surface area contributed by atoms with Gasteiger partial charge in [0.1, 0.15) is 0 Å². The summed E-state index contributed by atoms with van der Waals surface area (Å²) in [5.74, 6) is 2.18. The lowest BCUT2D eigenvalue weighted by Gasteiger charge is -2.24. The molecule has 0 aromatic carbocycles. The van der Waals surface area contributed by atoms with Gasteiger partial charge in [-0.15, -0.1) is 0 Å². The molecule has 1 heterocycles. The molecule has 80 valence electrons. The summed E-state index contributed by atoms with van der Waals surface area (Å²) in [4.78, 5) is 4.55. The third-order valence-corrected chi connectivity index (χ3v) is 3.63. The highest BCUT2D eigenvalue weighted by Gasteiger charge is 2.22. The molecule has 0 spiro atoms. The number of amidine groups is 1. The first-order valence-electron chi connectivity index (χ1n) is 6.16. The Hall–Kier alpha value is -0.530. The van der Waals surface area contributed by atoms with Crippen LogP contribution < -0.4 is 5.32 Å². The minimum Gasteiger partial charge on any atom is -0.371 e. The highest BCUT2D eigenvalue weighted by molar-refractivity contribution is 5.82. The summed E-state index contributed by atoms with van der Waals surface area (Å²) in [6.45, 7) is 3.37. The van der Waals surface area contributed by atoms with E-state index < -0.39 is 0 Å². The van der Waals surface area contributed by atoms with Crippen LogP contribution in [0.3, 0.4) is 0 Å². The Kier molecular flexibility index (Phi) is 3.44. The van der Waals surface area contributed by atoms with Crippen LogP contribution in [0.1, 0.15) is 51.9 Å². The molecule has 0 aromatic rings. The monoisotopic (exact) mass is 194 g/mol. The van der Waals surface area contributed by atoms with Crippen LogP contribution in [0.4, 0.5) is 0 Å². The fraction of sp³-hybridized carbons (Fsp3) is 0.917. The van der Waals surface area contributed by atoms with E-state index in [0.717, 1.165) is 12.5 Å². The number of nitrogens with zero attached hydrogens (tertiary/aromatic N) is 1. The van der Waals surface area contributed by atoms with Crippen LogP contribution >= 0.6 is 0 Å². The molecular weight excluding hydrogens is 172 g/mol. The molecule has 1 N–H and O–H groups in total. The zero-order chi connectivity index (χ0) is 9.80. The van der Waals surface area contributed by atoms with Crippen molar-refractivity contribution in [2.75, 3.05) is 6.54 Å². The predicted octanol–water partition coefficient (Wildman–Crippen LogP) is 2.74. The van der Waals surface area contributed by atoms with Crippen molar-refractivity contribution in [2.45, 2.75) is 57.9 Å². The van der Waals surface area contributed by atoms with Crippen molar-refractivity contribution in [1.82, 2.24) is 5.32 Å². The molecule has 2 rings (SSSR count). The number of hydrogen-bond acceptors (Lipinski definition) is 2. The molecule has 0 amide bonds. The second-order valence-electron chi connectivity index (χ2n) is 4.76. The van der Waals surface area contributed by atoms with Gasteiger partial charge in [0.25, 0.3) is 0 Å². The minimum atomic E-state index is 0.648. The molecule has 14 heavy (non-hydrogen) atoms. The van der Waals surface area contributed by atoms with Crippen LogP contribution in [-0.2, 0) is 0 Å². The van der Waals surface area contributed by atoms with Crippen molar-refractivity contribution in [1.29, 1.82) is 0 Å². The summed E-state index contributed by atoms with van der Waals surface area (Å²) >= 11 is 0. The first-order chi connectivity index (χ1) is 6.86. The van der Waals surface area contributed by atoms with Crippen molar-refractivity contribution in [3.8, 4) is 0 Å². The topological polar surface area (TPSA) is 24.4 Å². The largest absolute Gasteiger partial charge is 0.371 e. The smallest absolute Gasteiger partial charge is 0.0965 e. The van der Waals surface area contributed by atoms with Crippen LogP contribution in [0.5, 0.6) is 0 Å². The lowest BCUT2D eigenvalue weighted by molar-refractivity contribution is 0.422. The predicted molar refractivity (Wildman–Crippen MR) is 60.7 cm³/mol. The standard InChI is InChI=1S/C12H22N2/c1-10(11-6-2-3-7-11)14-12-8-4-5-9-13-12/h10-11H,2-9H2,1H3,(H,13,14)/t10-/m1/s1. The Labute approximate surface area is 87.2 Å². The molecule has 0 radical (unpaired) electrons. The molecule has 1 atom stereocenters. The molecule has 2 heteroatoms. The van der Waals surface area contributed by atoms with Crippen LogP contribution in [0.2, 0.25) is 0 Å². The average Bonchev–Trinajstić information content (AvgIpc) is 2.72. The van der Waals surface area contributed by atoms with E-state index >= 15 is 0 Å². The number of rotatable bonds is 2. The van der Waals surface area contributed by atoms with E-state index in [0.29, 0.717) is 6.04 Å². The molecule has 0 saturated heterocycles. The van der Waals surface area contributed by atoms with Gasteiger partial charge in [0.15, 0.2) is 0 Å². The van der Waals surface area contributed by atoms with E-state index in [1.165, 1.54) is 50.8 Å². The zero-order valence-corrected chi connectivity index (χ0v) is 9.26. The molecule has 1 saturated carbocycles. The summed E-state index contributed by atoms with van der Waals surface area (Å²) in [5, 5.41) is 3.61. The summed E-state index contributed by atoms with van der Waals surface area (Å²) in [5.41, 5.74) is 0. The summed E-state index contributed by atoms with van der Waals surface area (Å²) in [6, 6.07) is 0.648. The third-order valence-electron chi connectivity index (χ3n) is 3.63. The van der Waals surface area contributed by atoms with Crippen molar-refractivity contribution in [3.63, 3.8) is 0 Å². The second kappa shape index (κ2) is 4.81. The van der Waals surface area contributed by atoms with E-state index in [1.807, 2.05) is 0 Å². The Bertz CT molecular complexity index is 204. The molecule has 2 aliphatic rings. The molecule has 1 fully saturated rings. The second-order valence-corrected chi connectivity index (χ2v) is 4.76. The Balaban J connectivity index is 1.80. The van der Waals surface area contributed by atoms with Crippen LogP contribution in [-0.4, -0.2) is 18.4 Å². The molecule has 1 aliphatic carbocycles. The fourth-order valence-electron chi connectivity index (χ4n) is 2.65. The van der Waals surface area contributed by atoms with Gasteiger partial charge in [-0.05, 0) is 38.5 Å². The van der Waals surface area contributed by atoms with Gasteiger partial charge in [-0.1, -0.05) is 12.8 Å². The SMILES string of the molecule is C[C@@H](NC1=NCCCC1)C1CCCC1. The molecule has 2 nitrogen and oxygen atoms in total. The molecule has 0 unspecified atom stereocenters. The van der Waals surface area contributed by atoms with Crippen LogP contribution in [0, 0.1) is 5.92 Å². The summed E-state index contributed by atoms with van der Waals surface area (Å²) in [6.07, 6.45) is 9.48. The van der Waals surface area contributed by atoms with E-state index in [4.69, 9.17) is 0 Å². The van der Waals surface area contributed by atoms with Gasteiger partial charge in [0.2, 0.25) is 0 Å². The quantitative estimate of drug-likeness (QED) is 0.718. The van der Waals surface area contributed by atoms with Crippen LogP contribution in [0.25, 0.3) is 0 Å². The maximum Gasteiger partial charge on any atom is 0.0965 e. The van der Waals surface area contributed by atoms with Crippen molar-refractivity contribution in [3.05, 3.63) is 0 Å². The lowest BCUT2D eigenvalue weighted by atomic mass is 9.99. The average molecular weight is 194 g/mol. The normalized spacial score (nSPS) is 25.9. The van der Waals surface area contributed by atoms with Gasteiger partial charge in [-0.2, -0.15) is 0 Å². The first-order valence-corrected chi connectivity index (χ1v) is 6.16. The Morgan fingerprint density at radius 1 is 1.21 bits per heavy atom. The zero-order valence-electron chi connectivity index (χ0n) is 9.26. The van der Waals surface area contributed by atoms with Gasteiger partial charge in [0, 0.05) is 19.0 Å². The maximum absolute atomic E-state index is 4.55. The molecule has 0 aromatic heterocycles. The number of aliphatic imine (C=N–C) groups is 1. The van der Waals surface area contributed by atoms with Gasteiger partial charge in [0.05, 0.1) is 5.84 Å².